The van der Waals surface area contributed by atoms with Crippen molar-refractivity contribution in [2.45, 2.75) is 27.7 Å². The molecule has 0 saturated heterocycles. The Morgan fingerprint density at radius 1 is 1.22 bits per heavy atom. The number of hydrogen-bond acceptors (Lipinski definition) is 3. The summed E-state index contributed by atoms with van der Waals surface area (Å²) in [7, 11) is 0. The Hall–Kier alpha value is -2.62. The lowest BCUT2D eigenvalue weighted by Crippen LogP contribution is -2.21. The summed E-state index contributed by atoms with van der Waals surface area (Å²) < 4.78 is 5.39. The highest BCUT2D eigenvalue weighted by Crippen LogP contribution is 2.16. The zero-order chi connectivity index (χ0) is 17.0. The summed E-state index contributed by atoms with van der Waals surface area (Å²) in [5, 5.41) is 0. The third-order valence-electron chi connectivity index (χ3n) is 3.52. The number of pyridine rings is 1. The number of hydrogen-bond donors (Lipinski definition) is 1. The maximum absolute atomic E-state index is 12.6. The highest BCUT2D eigenvalue weighted by Gasteiger charge is 2.15. The number of aromatic nitrogens is 1. The molecule has 2 rings (SSSR count). The molecule has 0 atom stereocenters. The van der Waals surface area contributed by atoms with Crippen molar-refractivity contribution in [3.8, 4) is 5.75 Å². The van der Waals surface area contributed by atoms with Gasteiger partial charge in [-0.15, -0.1) is 0 Å². The number of carbonyl (C=O) groups is 1. The highest BCUT2D eigenvalue weighted by molar-refractivity contribution is 6.11. The van der Waals surface area contributed by atoms with E-state index in [0.29, 0.717) is 17.7 Å². The molecule has 4 nitrogen and oxygen atoms in total. The van der Waals surface area contributed by atoms with Crippen LogP contribution in [0.4, 0.5) is 0 Å². The standard InChI is InChI=1S/C19H21NO3/c1-5-23-16-8-6-15(7-9-16)11-13(3)18(21)17-12(2)10-14(4)20-19(17)22/h6-11H,5H2,1-4H3,(H,20,22). The Bertz CT molecular complexity index is 798. The molecule has 0 amide bonds. The first kappa shape index (κ1) is 16.7. The third kappa shape index (κ3) is 3.97. The smallest absolute Gasteiger partial charge is 0.259 e. The van der Waals surface area contributed by atoms with Gasteiger partial charge in [0.15, 0.2) is 5.78 Å². The molecule has 0 fully saturated rings. The lowest BCUT2D eigenvalue weighted by atomic mass is 9.99. The third-order valence-corrected chi connectivity index (χ3v) is 3.52. The maximum atomic E-state index is 12.6. The van der Waals surface area contributed by atoms with Crippen molar-refractivity contribution in [3.05, 3.63) is 68.6 Å². The van der Waals surface area contributed by atoms with Crippen molar-refractivity contribution in [1.82, 2.24) is 4.98 Å². The maximum Gasteiger partial charge on any atom is 0.259 e. The molecule has 1 N–H and O–H groups in total. The average Bonchev–Trinajstić information content (AvgIpc) is 2.48. The van der Waals surface area contributed by atoms with Gasteiger partial charge in [-0.3, -0.25) is 9.59 Å². The van der Waals surface area contributed by atoms with E-state index in [4.69, 9.17) is 4.74 Å². The van der Waals surface area contributed by atoms with Crippen LogP contribution in [-0.4, -0.2) is 17.4 Å². The summed E-state index contributed by atoms with van der Waals surface area (Å²) in [6.07, 6.45) is 1.77. The number of ketones is 1. The fourth-order valence-electron chi connectivity index (χ4n) is 2.48. The number of rotatable bonds is 5. The van der Waals surface area contributed by atoms with Gasteiger partial charge in [0.25, 0.3) is 5.56 Å². The molecular weight excluding hydrogens is 290 g/mol. The molecule has 2 aromatic rings. The summed E-state index contributed by atoms with van der Waals surface area (Å²) >= 11 is 0. The quantitative estimate of drug-likeness (QED) is 0.677. The number of aromatic amines is 1. The van der Waals surface area contributed by atoms with Crippen molar-refractivity contribution in [2.75, 3.05) is 6.61 Å². The lowest BCUT2D eigenvalue weighted by Gasteiger charge is -2.06. The first-order valence-corrected chi connectivity index (χ1v) is 7.58. The van der Waals surface area contributed by atoms with E-state index in [1.807, 2.05) is 31.2 Å². The zero-order valence-electron chi connectivity index (χ0n) is 13.9. The van der Waals surface area contributed by atoms with Gasteiger partial charge in [-0.1, -0.05) is 12.1 Å². The summed E-state index contributed by atoms with van der Waals surface area (Å²) in [4.78, 5) is 27.3. The summed E-state index contributed by atoms with van der Waals surface area (Å²) in [5.74, 6) is 0.539. The van der Waals surface area contributed by atoms with E-state index in [9.17, 15) is 9.59 Å². The molecule has 0 saturated carbocycles. The van der Waals surface area contributed by atoms with Crippen LogP contribution >= 0.6 is 0 Å². The van der Waals surface area contributed by atoms with E-state index >= 15 is 0 Å². The summed E-state index contributed by atoms with van der Waals surface area (Å²) in [5.41, 5.74) is 2.71. The summed E-state index contributed by atoms with van der Waals surface area (Å²) in [6.45, 7) is 7.84. The Balaban J connectivity index is 2.31. The van der Waals surface area contributed by atoms with Crippen LogP contribution in [0.15, 0.2) is 40.7 Å². The number of benzene rings is 1. The minimum atomic E-state index is -0.341. The predicted octanol–water partition coefficient (Wildman–Crippen LogP) is 3.68. The molecule has 0 aliphatic heterocycles. The number of Topliss-reactive ketones (excluding diaryl/α,β-unsaturated/α-hetero) is 1. The van der Waals surface area contributed by atoms with Crippen molar-refractivity contribution in [3.63, 3.8) is 0 Å². The first-order chi connectivity index (χ1) is 10.9. The fraction of sp³-hybridized carbons (Fsp3) is 0.263. The van der Waals surface area contributed by atoms with Crippen LogP contribution < -0.4 is 10.3 Å². The second kappa shape index (κ2) is 7.09. The van der Waals surface area contributed by atoms with E-state index < -0.39 is 0 Å². The molecule has 1 aromatic heterocycles. The molecule has 23 heavy (non-hydrogen) atoms. The molecule has 4 heteroatoms. The van der Waals surface area contributed by atoms with Gasteiger partial charge in [0, 0.05) is 5.69 Å². The molecule has 1 heterocycles. The van der Waals surface area contributed by atoms with Gasteiger partial charge in [-0.2, -0.15) is 0 Å². The number of allylic oxidation sites excluding steroid dienone is 1. The molecule has 0 spiro atoms. The molecule has 0 aliphatic carbocycles. The average molecular weight is 311 g/mol. The fourth-order valence-corrected chi connectivity index (χ4v) is 2.48. The Labute approximate surface area is 135 Å². The Morgan fingerprint density at radius 2 is 1.87 bits per heavy atom. The SMILES string of the molecule is CCOc1ccc(C=C(C)C(=O)c2c(C)cc(C)[nH]c2=O)cc1. The minimum absolute atomic E-state index is 0.204. The van der Waals surface area contributed by atoms with Crippen molar-refractivity contribution in [1.29, 1.82) is 0 Å². The number of aryl methyl sites for hydroxylation is 2. The van der Waals surface area contributed by atoms with Gasteiger partial charge in [-0.05, 0) is 68.7 Å². The predicted molar refractivity (Wildman–Crippen MR) is 92.1 cm³/mol. The van der Waals surface area contributed by atoms with Gasteiger partial charge < -0.3 is 9.72 Å². The normalized spacial score (nSPS) is 11.4. The number of carbonyl (C=O) groups excluding carboxylic acids is 1. The monoisotopic (exact) mass is 311 g/mol. The van der Waals surface area contributed by atoms with Crippen LogP contribution in [0.5, 0.6) is 5.75 Å². The van der Waals surface area contributed by atoms with Crippen molar-refractivity contribution < 1.29 is 9.53 Å². The van der Waals surface area contributed by atoms with Crippen LogP contribution in [0.2, 0.25) is 0 Å². The Kier molecular flexibility index (Phi) is 5.16. The molecule has 0 radical (unpaired) electrons. The number of H-pyrrole nitrogens is 1. The molecular formula is C19H21NO3. The van der Waals surface area contributed by atoms with E-state index in [-0.39, 0.29) is 16.9 Å². The van der Waals surface area contributed by atoms with Gasteiger partial charge in [0.05, 0.1) is 12.2 Å². The largest absolute Gasteiger partial charge is 0.494 e. The summed E-state index contributed by atoms with van der Waals surface area (Å²) in [6, 6.07) is 9.29. The molecule has 0 bridgehead atoms. The molecule has 120 valence electrons. The van der Waals surface area contributed by atoms with E-state index in [0.717, 1.165) is 17.0 Å². The molecule has 0 aliphatic rings. The minimum Gasteiger partial charge on any atom is -0.494 e. The molecule has 0 unspecified atom stereocenters. The number of ether oxygens (including phenoxy) is 1. The first-order valence-electron chi connectivity index (χ1n) is 7.58. The van der Waals surface area contributed by atoms with Gasteiger partial charge in [0.1, 0.15) is 5.75 Å². The van der Waals surface area contributed by atoms with E-state index in [1.54, 1.807) is 32.9 Å². The van der Waals surface area contributed by atoms with Crippen LogP contribution in [0.1, 0.15) is 41.0 Å². The second-order valence-corrected chi connectivity index (χ2v) is 5.50. The lowest BCUT2D eigenvalue weighted by molar-refractivity contribution is 0.103. The molecule has 1 aromatic carbocycles. The van der Waals surface area contributed by atoms with Crippen molar-refractivity contribution in [2.24, 2.45) is 0 Å². The zero-order valence-corrected chi connectivity index (χ0v) is 13.9. The van der Waals surface area contributed by atoms with Crippen LogP contribution in [0.25, 0.3) is 6.08 Å². The van der Waals surface area contributed by atoms with Gasteiger partial charge in [0.2, 0.25) is 0 Å². The van der Waals surface area contributed by atoms with Crippen LogP contribution in [-0.2, 0) is 0 Å². The van der Waals surface area contributed by atoms with E-state index in [2.05, 4.69) is 4.98 Å². The van der Waals surface area contributed by atoms with Crippen LogP contribution in [0, 0.1) is 13.8 Å². The topological polar surface area (TPSA) is 59.2 Å². The highest BCUT2D eigenvalue weighted by atomic mass is 16.5. The van der Waals surface area contributed by atoms with E-state index in [1.165, 1.54) is 0 Å². The van der Waals surface area contributed by atoms with Gasteiger partial charge >= 0.3 is 0 Å². The Morgan fingerprint density at radius 3 is 2.43 bits per heavy atom. The van der Waals surface area contributed by atoms with Crippen molar-refractivity contribution >= 4 is 11.9 Å². The second-order valence-electron chi connectivity index (χ2n) is 5.50. The van der Waals surface area contributed by atoms with Gasteiger partial charge in [-0.25, -0.2) is 0 Å². The number of nitrogens with one attached hydrogen (secondary N) is 1. The van der Waals surface area contributed by atoms with Crippen LogP contribution in [0.3, 0.4) is 0 Å².